The molecule has 0 saturated carbocycles. The number of hydrogen-bond acceptors (Lipinski definition) is 5. The van der Waals surface area contributed by atoms with Gasteiger partial charge in [0.25, 0.3) is 5.91 Å². The van der Waals surface area contributed by atoms with E-state index in [0.29, 0.717) is 18.7 Å². The summed E-state index contributed by atoms with van der Waals surface area (Å²) in [6, 6.07) is 4.32. The monoisotopic (exact) mass is 382 g/mol. The molecule has 1 unspecified atom stereocenters. The van der Waals surface area contributed by atoms with Gasteiger partial charge >= 0.3 is 5.97 Å². The predicted molar refractivity (Wildman–Crippen MR) is 99.4 cm³/mol. The van der Waals surface area contributed by atoms with Crippen LogP contribution in [0.2, 0.25) is 0 Å². The normalized spacial score (nSPS) is 12.5. The summed E-state index contributed by atoms with van der Waals surface area (Å²) in [5, 5.41) is 2.53. The zero-order valence-electron chi connectivity index (χ0n) is 15.6. The Hall–Kier alpha value is -2.19. The first-order valence-electron chi connectivity index (χ1n) is 8.39. The van der Waals surface area contributed by atoms with Gasteiger partial charge in [-0.05, 0) is 31.5 Å². The SMILES string of the molecule is C=CCNC(=O)C(C)OC(=O)c1ccc(C)c(S(=O)(=O)N(CC)CC)c1. The highest BCUT2D eigenvalue weighted by molar-refractivity contribution is 7.89. The van der Waals surface area contributed by atoms with Crippen LogP contribution >= 0.6 is 0 Å². The summed E-state index contributed by atoms with van der Waals surface area (Å²) in [6.07, 6.45) is 0.503. The molecule has 8 heteroatoms. The minimum atomic E-state index is -3.71. The van der Waals surface area contributed by atoms with Crippen LogP contribution in [0.1, 0.15) is 36.7 Å². The van der Waals surface area contributed by atoms with Gasteiger partial charge in [-0.25, -0.2) is 13.2 Å². The molecule has 0 saturated heterocycles. The fourth-order valence-electron chi connectivity index (χ4n) is 2.31. The van der Waals surface area contributed by atoms with Gasteiger partial charge in [0, 0.05) is 19.6 Å². The van der Waals surface area contributed by atoms with Gasteiger partial charge < -0.3 is 10.1 Å². The van der Waals surface area contributed by atoms with E-state index in [1.165, 1.54) is 29.4 Å². The molecule has 1 N–H and O–H groups in total. The van der Waals surface area contributed by atoms with Gasteiger partial charge in [-0.1, -0.05) is 26.0 Å². The van der Waals surface area contributed by atoms with Crippen LogP contribution in [0.5, 0.6) is 0 Å². The van der Waals surface area contributed by atoms with Gasteiger partial charge in [-0.15, -0.1) is 6.58 Å². The van der Waals surface area contributed by atoms with E-state index in [1.54, 1.807) is 26.8 Å². The Bertz CT molecular complexity index is 770. The third-order valence-corrected chi connectivity index (χ3v) is 6.01. The summed E-state index contributed by atoms with van der Waals surface area (Å²) in [5.41, 5.74) is 0.606. The number of esters is 1. The standard InChI is InChI=1S/C18H26N2O5S/c1-6-11-19-17(21)14(5)25-18(22)15-10-9-13(4)16(12-15)26(23,24)20(7-2)8-3/h6,9-10,12,14H,1,7-8,11H2,2-5H3,(H,19,21). The van der Waals surface area contributed by atoms with Crippen LogP contribution in [0.3, 0.4) is 0 Å². The molecule has 1 rings (SSSR count). The van der Waals surface area contributed by atoms with Crippen LogP contribution in [0.15, 0.2) is 35.7 Å². The molecule has 0 heterocycles. The summed E-state index contributed by atoms with van der Waals surface area (Å²) < 4.78 is 31.9. The molecule has 26 heavy (non-hydrogen) atoms. The number of carbonyl (C=O) groups is 2. The summed E-state index contributed by atoms with van der Waals surface area (Å²) in [4.78, 5) is 24.1. The van der Waals surface area contributed by atoms with Crippen molar-refractivity contribution in [2.45, 2.75) is 38.7 Å². The van der Waals surface area contributed by atoms with Gasteiger partial charge in [0.05, 0.1) is 10.5 Å². The van der Waals surface area contributed by atoms with Crippen molar-refractivity contribution in [2.24, 2.45) is 0 Å². The van der Waals surface area contributed by atoms with E-state index in [2.05, 4.69) is 11.9 Å². The highest BCUT2D eigenvalue weighted by atomic mass is 32.2. The van der Waals surface area contributed by atoms with E-state index in [9.17, 15) is 18.0 Å². The van der Waals surface area contributed by atoms with Crippen LogP contribution in [0.4, 0.5) is 0 Å². The Balaban J connectivity index is 3.08. The van der Waals surface area contributed by atoms with E-state index in [1.807, 2.05) is 0 Å². The largest absolute Gasteiger partial charge is 0.449 e. The van der Waals surface area contributed by atoms with Crippen molar-refractivity contribution in [2.75, 3.05) is 19.6 Å². The average molecular weight is 382 g/mol. The van der Waals surface area contributed by atoms with Crippen molar-refractivity contribution < 1.29 is 22.7 Å². The average Bonchev–Trinajstić information content (AvgIpc) is 2.60. The van der Waals surface area contributed by atoms with E-state index in [4.69, 9.17) is 4.74 Å². The minimum absolute atomic E-state index is 0.0550. The van der Waals surface area contributed by atoms with Crippen LogP contribution in [0.25, 0.3) is 0 Å². The predicted octanol–water partition coefficient (Wildman–Crippen LogP) is 1.87. The number of ether oxygens (including phenoxy) is 1. The molecule has 0 aliphatic carbocycles. The Morgan fingerprint density at radius 3 is 2.46 bits per heavy atom. The summed E-state index contributed by atoms with van der Waals surface area (Å²) >= 11 is 0. The van der Waals surface area contributed by atoms with Crippen molar-refractivity contribution >= 4 is 21.9 Å². The molecule has 0 aromatic heterocycles. The number of aryl methyl sites for hydroxylation is 1. The molecule has 7 nitrogen and oxygen atoms in total. The fraction of sp³-hybridized carbons (Fsp3) is 0.444. The lowest BCUT2D eigenvalue weighted by molar-refractivity contribution is -0.128. The van der Waals surface area contributed by atoms with Gasteiger partial charge in [-0.2, -0.15) is 4.31 Å². The highest BCUT2D eigenvalue weighted by Crippen LogP contribution is 2.22. The highest BCUT2D eigenvalue weighted by Gasteiger charge is 2.26. The summed E-state index contributed by atoms with van der Waals surface area (Å²) in [6.45, 7) is 11.0. The topological polar surface area (TPSA) is 92.8 Å². The van der Waals surface area contributed by atoms with E-state index >= 15 is 0 Å². The van der Waals surface area contributed by atoms with Gasteiger partial charge in [-0.3, -0.25) is 4.79 Å². The molecule has 1 atom stereocenters. The first-order valence-corrected chi connectivity index (χ1v) is 9.83. The van der Waals surface area contributed by atoms with Crippen LogP contribution in [0, 0.1) is 6.92 Å². The number of rotatable bonds is 9. The number of benzene rings is 1. The molecule has 0 aliphatic rings. The number of nitrogens with zero attached hydrogens (tertiary/aromatic N) is 1. The lowest BCUT2D eigenvalue weighted by Crippen LogP contribution is -2.36. The van der Waals surface area contributed by atoms with Gasteiger partial charge in [0.1, 0.15) is 0 Å². The first-order chi connectivity index (χ1) is 12.2. The van der Waals surface area contributed by atoms with Crippen molar-refractivity contribution in [3.8, 4) is 0 Å². The van der Waals surface area contributed by atoms with Gasteiger partial charge in [0.2, 0.25) is 10.0 Å². The van der Waals surface area contributed by atoms with Crippen molar-refractivity contribution in [1.29, 1.82) is 0 Å². The van der Waals surface area contributed by atoms with Crippen molar-refractivity contribution in [3.63, 3.8) is 0 Å². The molecule has 1 aromatic carbocycles. The van der Waals surface area contributed by atoms with Crippen LogP contribution in [-0.2, 0) is 19.6 Å². The summed E-state index contributed by atoms with van der Waals surface area (Å²) in [7, 11) is -3.71. The Morgan fingerprint density at radius 2 is 1.92 bits per heavy atom. The second-order valence-corrected chi connectivity index (χ2v) is 7.56. The number of carbonyl (C=O) groups excluding carboxylic acids is 2. The van der Waals surface area contributed by atoms with Crippen LogP contribution < -0.4 is 5.32 Å². The van der Waals surface area contributed by atoms with E-state index in [-0.39, 0.29) is 17.0 Å². The second-order valence-electron chi connectivity index (χ2n) is 5.65. The Morgan fingerprint density at radius 1 is 1.31 bits per heavy atom. The second kappa shape index (κ2) is 9.49. The zero-order chi connectivity index (χ0) is 19.9. The lowest BCUT2D eigenvalue weighted by atomic mass is 10.1. The maximum Gasteiger partial charge on any atom is 0.338 e. The van der Waals surface area contributed by atoms with Gasteiger partial charge in [0.15, 0.2) is 6.10 Å². The number of hydrogen-bond donors (Lipinski definition) is 1. The molecule has 1 amide bonds. The Kier molecular flexibility index (Phi) is 7.98. The molecule has 0 aliphatic heterocycles. The maximum atomic E-state index is 12.7. The molecular formula is C18H26N2O5S. The molecular weight excluding hydrogens is 356 g/mol. The zero-order valence-corrected chi connectivity index (χ0v) is 16.4. The smallest absolute Gasteiger partial charge is 0.338 e. The third kappa shape index (κ3) is 5.15. The number of sulfonamides is 1. The molecule has 0 spiro atoms. The van der Waals surface area contributed by atoms with E-state index in [0.717, 1.165) is 0 Å². The quantitative estimate of drug-likeness (QED) is 0.520. The van der Waals surface area contributed by atoms with Crippen LogP contribution in [-0.4, -0.2) is 50.3 Å². The first kappa shape index (κ1) is 21.9. The summed E-state index contributed by atoms with van der Waals surface area (Å²) in [5.74, 6) is -1.22. The number of amides is 1. The molecule has 144 valence electrons. The maximum absolute atomic E-state index is 12.7. The van der Waals surface area contributed by atoms with Crippen molar-refractivity contribution in [1.82, 2.24) is 9.62 Å². The third-order valence-electron chi connectivity index (χ3n) is 3.82. The number of nitrogens with one attached hydrogen (secondary N) is 1. The lowest BCUT2D eigenvalue weighted by Gasteiger charge is -2.20. The van der Waals surface area contributed by atoms with E-state index < -0.39 is 28.0 Å². The molecule has 1 aromatic rings. The van der Waals surface area contributed by atoms with Crippen molar-refractivity contribution in [3.05, 3.63) is 42.0 Å². The molecule has 0 bridgehead atoms. The molecule has 0 radical (unpaired) electrons. The fourth-order valence-corrected chi connectivity index (χ4v) is 4.02. The minimum Gasteiger partial charge on any atom is -0.449 e. The molecule has 0 fully saturated rings. The Labute approximate surface area is 155 Å².